The van der Waals surface area contributed by atoms with Gasteiger partial charge in [-0.25, -0.2) is 0 Å². The average molecular weight is 402 g/mol. The van der Waals surface area contributed by atoms with Gasteiger partial charge in [-0.2, -0.15) is 0 Å². The van der Waals surface area contributed by atoms with Crippen molar-refractivity contribution in [3.63, 3.8) is 0 Å². The van der Waals surface area contributed by atoms with Gasteiger partial charge in [-0.15, -0.1) is 10.2 Å². The molecule has 0 aliphatic carbocycles. The standard InChI is InChI=1S/C24H26N4O2/c29-24(13-7-10-20-8-3-1-4-9-20)28-18-16-27(17-19-28)22-14-15-23(26-25-22)30-21-11-5-2-6-12-21/h1-6,8-9,11-12,14-15H,7,10,13,16-19H2. The molecular weight excluding hydrogens is 376 g/mol. The van der Waals surface area contributed by atoms with E-state index in [4.69, 9.17) is 4.74 Å². The number of aromatic nitrogens is 2. The fraction of sp³-hybridized carbons (Fsp3) is 0.292. The Morgan fingerprint density at radius 1 is 0.833 bits per heavy atom. The van der Waals surface area contributed by atoms with Gasteiger partial charge >= 0.3 is 0 Å². The molecule has 4 rings (SSSR count). The van der Waals surface area contributed by atoms with Gasteiger partial charge in [0, 0.05) is 38.7 Å². The van der Waals surface area contributed by atoms with Crippen LogP contribution in [0.15, 0.2) is 72.8 Å². The molecule has 154 valence electrons. The van der Waals surface area contributed by atoms with Crippen LogP contribution in [0, 0.1) is 0 Å². The lowest BCUT2D eigenvalue weighted by atomic mass is 10.1. The monoisotopic (exact) mass is 402 g/mol. The second kappa shape index (κ2) is 9.87. The summed E-state index contributed by atoms with van der Waals surface area (Å²) in [7, 11) is 0. The number of amides is 1. The summed E-state index contributed by atoms with van der Waals surface area (Å²) in [5, 5.41) is 8.48. The van der Waals surface area contributed by atoms with Crippen LogP contribution in [-0.4, -0.2) is 47.2 Å². The maximum atomic E-state index is 12.5. The maximum absolute atomic E-state index is 12.5. The first-order valence-electron chi connectivity index (χ1n) is 10.4. The molecule has 2 heterocycles. The topological polar surface area (TPSA) is 58.6 Å². The van der Waals surface area contributed by atoms with Gasteiger partial charge in [-0.3, -0.25) is 4.79 Å². The van der Waals surface area contributed by atoms with Gasteiger partial charge in [0.15, 0.2) is 5.82 Å². The largest absolute Gasteiger partial charge is 0.438 e. The van der Waals surface area contributed by atoms with Crippen LogP contribution >= 0.6 is 0 Å². The van der Waals surface area contributed by atoms with E-state index in [1.54, 1.807) is 0 Å². The van der Waals surface area contributed by atoms with Gasteiger partial charge in [-0.05, 0) is 36.6 Å². The van der Waals surface area contributed by atoms with E-state index in [1.165, 1.54) is 5.56 Å². The lowest BCUT2D eigenvalue weighted by Crippen LogP contribution is -2.49. The van der Waals surface area contributed by atoms with Crippen molar-refractivity contribution in [2.45, 2.75) is 19.3 Å². The molecule has 0 atom stereocenters. The molecule has 1 saturated heterocycles. The smallest absolute Gasteiger partial charge is 0.238 e. The van der Waals surface area contributed by atoms with Crippen molar-refractivity contribution < 1.29 is 9.53 Å². The number of hydrogen-bond acceptors (Lipinski definition) is 5. The highest BCUT2D eigenvalue weighted by Gasteiger charge is 2.21. The number of hydrogen-bond donors (Lipinski definition) is 0. The summed E-state index contributed by atoms with van der Waals surface area (Å²) in [6.07, 6.45) is 2.43. The summed E-state index contributed by atoms with van der Waals surface area (Å²) >= 11 is 0. The highest BCUT2D eigenvalue weighted by atomic mass is 16.5. The second-order valence-electron chi connectivity index (χ2n) is 7.35. The highest BCUT2D eigenvalue weighted by Crippen LogP contribution is 2.20. The van der Waals surface area contributed by atoms with E-state index in [9.17, 15) is 4.79 Å². The van der Waals surface area contributed by atoms with E-state index >= 15 is 0 Å². The van der Waals surface area contributed by atoms with Gasteiger partial charge < -0.3 is 14.5 Å². The van der Waals surface area contributed by atoms with Crippen molar-refractivity contribution in [2.24, 2.45) is 0 Å². The first kappa shape index (κ1) is 19.9. The minimum Gasteiger partial charge on any atom is -0.438 e. The Balaban J connectivity index is 1.22. The molecule has 6 heteroatoms. The Kier molecular flexibility index (Phi) is 6.54. The molecule has 6 nitrogen and oxygen atoms in total. The Bertz CT molecular complexity index is 924. The van der Waals surface area contributed by atoms with Crippen LogP contribution < -0.4 is 9.64 Å². The Labute approximate surface area is 177 Å². The lowest BCUT2D eigenvalue weighted by Gasteiger charge is -2.35. The summed E-state index contributed by atoms with van der Waals surface area (Å²) in [6.45, 7) is 2.96. The van der Waals surface area contributed by atoms with Crippen molar-refractivity contribution in [1.82, 2.24) is 15.1 Å². The molecule has 3 aromatic rings. The Hall–Kier alpha value is -3.41. The molecule has 1 aliphatic rings. The number of rotatable bonds is 7. The fourth-order valence-electron chi connectivity index (χ4n) is 3.58. The molecule has 1 aromatic heterocycles. The number of piperazine rings is 1. The van der Waals surface area contributed by atoms with Gasteiger partial charge in [0.2, 0.25) is 11.8 Å². The van der Waals surface area contributed by atoms with Gasteiger partial charge in [0.05, 0.1) is 0 Å². The third-order valence-electron chi connectivity index (χ3n) is 5.25. The van der Waals surface area contributed by atoms with Gasteiger partial charge in [-0.1, -0.05) is 48.5 Å². The average Bonchev–Trinajstić information content (AvgIpc) is 2.81. The third-order valence-corrected chi connectivity index (χ3v) is 5.25. The van der Waals surface area contributed by atoms with Crippen LogP contribution in [0.2, 0.25) is 0 Å². The van der Waals surface area contributed by atoms with Crippen LogP contribution in [0.1, 0.15) is 18.4 Å². The predicted molar refractivity (Wildman–Crippen MR) is 117 cm³/mol. The van der Waals surface area contributed by atoms with E-state index in [2.05, 4.69) is 27.2 Å². The van der Waals surface area contributed by atoms with E-state index in [0.717, 1.165) is 37.5 Å². The molecule has 1 fully saturated rings. The summed E-state index contributed by atoms with van der Waals surface area (Å²) in [5.74, 6) is 2.26. The number of aryl methyl sites for hydroxylation is 1. The van der Waals surface area contributed by atoms with Crippen molar-refractivity contribution in [3.8, 4) is 11.6 Å². The van der Waals surface area contributed by atoms with E-state index in [-0.39, 0.29) is 5.91 Å². The zero-order valence-electron chi connectivity index (χ0n) is 17.0. The van der Waals surface area contributed by atoms with Crippen molar-refractivity contribution in [1.29, 1.82) is 0 Å². The van der Waals surface area contributed by atoms with Crippen molar-refractivity contribution >= 4 is 11.7 Å². The van der Waals surface area contributed by atoms with Gasteiger partial charge in [0.25, 0.3) is 0 Å². The second-order valence-corrected chi connectivity index (χ2v) is 7.35. The van der Waals surface area contributed by atoms with E-state index in [1.807, 2.05) is 65.6 Å². The maximum Gasteiger partial charge on any atom is 0.238 e. The summed E-state index contributed by atoms with van der Waals surface area (Å²) in [4.78, 5) is 16.6. The Morgan fingerprint density at radius 2 is 1.53 bits per heavy atom. The quantitative estimate of drug-likeness (QED) is 0.599. The number of para-hydroxylation sites is 1. The van der Waals surface area contributed by atoms with Gasteiger partial charge in [0.1, 0.15) is 5.75 Å². The van der Waals surface area contributed by atoms with Crippen molar-refractivity contribution in [2.75, 3.05) is 31.1 Å². The normalized spacial score (nSPS) is 13.9. The molecule has 0 bridgehead atoms. The van der Waals surface area contributed by atoms with Crippen LogP contribution in [0.5, 0.6) is 11.6 Å². The number of ether oxygens (including phenoxy) is 1. The van der Waals surface area contributed by atoms with E-state index in [0.29, 0.717) is 25.4 Å². The zero-order chi connectivity index (χ0) is 20.6. The summed E-state index contributed by atoms with van der Waals surface area (Å²) < 4.78 is 5.69. The number of benzene rings is 2. The molecular formula is C24H26N4O2. The Morgan fingerprint density at radius 3 is 2.20 bits per heavy atom. The van der Waals surface area contributed by atoms with Crippen LogP contribution in [0.3, 0.4) is 0 Å². The molecule has 0 N–H and O–H groups in total. The molecule has 30 heavy (non-hydrogen) atoms. The lowest BCUT2D eigenvalue weighted by molar-refractivity contribution is -0.131. The number of carbonyl (C=O) groups excluding carboxylic acids is 1. The third kappa shape index (κ3) is 5.35. The summed E-state index contributed by atoms with van der Waals surface area (Å²) in [6, 6.07) is 23.6. The van der Waals surface area contributed by atoms with E-state index < -0.39 is 0 Å². The minimum absolute atomic E-state index is 0.239. The number of anilines is 1. The summed E-state index contributed by atoms with van der Waals surface area (Å²) in [5.41, 5.74) is 1.29. The molecule has 0 radical (unpaired) electrons. The SMILES string of the molecule is O=C(CCCc1ccccc1)N1CCN(c2ccc(Oc3ccccc3)nn2)CC1. The first-order valence-corrected chi connectivity index (χ1v) is 10.4. The van der Waals surface area contributed by atoms with Crippen LogP contribution in [0.25, 0.3) is 0 Å². The highest BCUT2D eigenvalue weighted by molar-refractivity contribution is 5.76. The minimum atomic E-state index is 0.239. The molecule has 0 saturated carbocycles. The van der Waals surface area contributed by atoms with Crippen LogP contribution in [-0.2, 0) is 11.2 Å². The number of carbonyl (C=O) groups is 1. The zero-order valence-corrected chi connectivity index (χ0v) is 17.0. The fourth-order valence-corrected chi connectivity index (χ4v) is 3.58. The van der Waals surface area contributed by atoms with Crippen molar-refractivity contribution in [3.05, 3.63) is 78.4 Å². The molecule has 2 aromatic carbocycles. The van der Waals surface area contributed by atoms with Crippen LogP contribution in [0.4, 0.5) is 5.82 Å². The predicted octanol–water partition coefficient (Wildman–Crippen LogP) is 3.94. The molecule has 1 amide bonds. The first-order chi connectivity index (χ1) is 14.8. The molecule has 0 unspecified atom stereocenters. The number of nitrogens with zero attached hydrogens (tertiary/aromatic N) is 4. The molecule has 1 aliphatic heterocycles. The molecule has 0 spiro atoms.